The van der Waals surface area contributed by atoms with E-state index in [1.54, 1.807) is 6.26 Å². The third-order valence-electron chi connectivity index (χ3n) is 27.9. The number of Topliss-reactive ketones (excluding diaryl/α,β-unsaturated/α-hetero) is 1. The highest BCUT2D eigenvalue weighted by molar-refractivity contribution is 5.94. The molecule has 8 heterocycles. The van der Waals surface area contributed by atoms with Crippen LogP contribution in [-0.2, 0) is 39.8 Å². The summed E-state index contributed by atoms with van der Waals surface area (Å²) in [7, 11) is 0. The Morgan fingerprint density at radius 1 is 0.885 bits per heavy atom. The van der Waals surface area contributed by atoms with Gasteiger partial charge in [0.1, 0.15) is 35.8 Å². The summed E-state index contributed by atoms with van der Waals surface area (Å²) >= 11 is 0. The molecule has 420 valence electrons. The zero-order chi connectivity index (χ0) is 52.8. The highest BCUT2D eigenvalue weighted by Gasteiger charge is 2.98. The van der Waals surface area contributed by atoms with E-state index in [-0.39, 0.29) is 72.3 Å². The Balaban J connectivity index is 0.836. The van der Waals surface area contributed by atoms with Gasteiger partial charge in [0.2, 0.25) is 0 Å². The van der Waals surface area contributed by atoms with Crippen molar-refractivity contribution in [2.45, 2.75) is 184 Å². The van der Waals surface area contributed by atoms with Gasteiger partial charge in [-0.2, -0.15) is 0 Å². The minimum absolute atomic E-state index is 0.0579. The maximum Gasteiger partial charge on any atom is 0.339 e. The summed E-state index contributed by atoms with van der Waals surface area (Å²) in [6.07, 6.45) is 26.1. The van der Waals surface area contributed by atoms with Crippen LogP contribution in [0.2, 0.25) is 0 Å². The molecule has 0 aromatic carbocycles. The van der Waals surface area contributed by atoms with E-state index in [1.165, 1.54) is 24.8 Å². The van der Waals surface area contributed by atoms with Gasteiger partial charge in [-0.1, -0.05) is 70.3 Å². The van der Waals surface area contributed by atoms with E-state index in [2.05, 4.69) is 61.5 Å². The second-order valence-corrected chi connectivity index (χ2v) is 29.9. The van der Waals surface area contributed by atoms with Crippen LogP contribution in [0.15, 0.2) is 52.8 Å². The SMILES string of the molecule is CC1C(C2C=C3CC4CCCC45CC4CC6(C)C(c7ccoc7CC(C(O)CO)C7CCC8C(C=CN9CNCC89)C7)OC(=O)C7OC76C6(C7CCCCC7)C(O)C(=O)C7C2(C)OC32C5C(=O)OCC72C46)C=CC2CCCC21. The molecular weight excluding hydrogens is 985 g/mol. The molecule has 0 radical (unpaired) electrons. The Bertz CT molecular complexity index is 2840. The Kier molecular flexibility index (Phi) is 10.3. The van der Waals surface area contributed by atoms with Crippen molar-refractivity contribution in [3.63, 3.8) is 0 Å². The minimum atomic E-state index is -1.46. The first-order valence-corrected chi connectivity index (χ1v) is 31.6. The molecule has 5 saturated heterocycles. The van der Waals surface area contributed by atoms with Gasteiger partial charge >= 0.3 is 11.9 Å². The number of allylic oxidation sites excluding steroid dienone is 3. The van der Waals surface area contributed by atoms with Gasteiger partial charge in [-0.25, -0.2) is 4.79 Å². The number of hydrogen-bond donors (Lipinski definition) is 4. The molecule has 13 fully saturated rings. The maximum absolute atomic E-state index is 17.1. The predicted molar refractivity (Wildman–Crippen MR) is 283 cm³/mol. The zero-order valence-electron chi connectivity index (χ0n) is 46.2. The zero-order valence-corrected chi connectivity index (χ0v) is 46.2. The van der Waals surface area contributed by atoms with Gasteiger partial charge in [0.05, 0.1) is 48.5 Å². The summed E-state index contributed by atoms with van der Waals surface area (Å²) in [5, 5.41) is 40.5. The first kappa shape index (κ1) is 49.3. The van der Waals surface area contributed by atoms with Gasteiger partial charge in [-0.05, 0) is 178 Å². The Hall–Kier alpha value is -3.33. The number of ketones is 1. The number of carbonyl (C=O) groups excluding carboxylic acids is 3. The van der Waals surface area contributed by atoms with Crippen LogP contribution in [0, 0.1) is 110 Å². The van der Waals surface area contributed by atoms with E-state index in [1.807, 2.05) is 6.07 Å². The predicted octanol–water partition coefficient (Wildman–Crippen LogP) is 8.16. The van der Waals surface area contributed by atoms with Crippen molar-refractivity contribution in [2.75, 3.05) is 26.4 Å². The van der Waals surface area contributed by atoms with Crippen LogP contribution < -0.4 is 5.32 Å². The second kappa shape index (κ2) is 16.3. The number of nitrogens with one attached hydrogen (secondary N) is 1. The van der Waals surface area contributed by atoms with Gasteiger partial charge in [0.25, 0.3) is 0 Å². The summed E-state index contributed by atoms with van der Waals surface area (Å²) in [4.78, 5) is 50.4. The van der Waals surface area contributed by atoms with Crippen LogP contribution in [0.4, 0.5) is 0 Å². The van der Waals surface area contributed by atoms with Crippen LogP contribution in [0.25, 0.3) is 0 Å². The fourth-order valence-corrected chi connectivity index (χ4v) is 25.6. The number of rotatable bonds is 8. The molecule has 17 rings (SSSR count). The summed E-state index contributed by atoms with van der Waals surface area (Å²) in [5.41, 5.74) is -5.12. The first-order valence-electron chi connectivity index (χ1n) is 31.6. The van der Waals surface area contributed by atoms with E-state index in [0.29, 0.717) is 54.2 Å². The maximum atomic E-state index is 17.1. The smallest absolute Gasteiger partial charge is 0.339 e. The molecule has 1 aromatic rings. The molecule has 13 heteroatoms. The number of ether oxygens (including phenoxy) is 4. The molecule has 4 N–H and O–H groups in total. The van der Waals surface area contributed by atoms with Gasteiger partial charge in [-0.3, -0.25) is 14.9 Å². The van der Waals surface area contributed by atoms with E-state index < -0.39 is 80.7 Å². The molecule has 13 nitrogen and oxygen atoms in total. The fraction of sp³-hybridized carbons (Fsp3) is 0.800. The lowest BCUT2D eigenvalue weighted by Gasteiger charge is -2.72. The number of fused-ring (bicyclic) bond motifs is 6. The molecule has 1 aromatic heterocycles. The van der Waals surface area contributed by atoms with Crippen LogP contribution in [-0.4, -0.2) is 106 Å². The quantitative estimate of drug-likeness (QED) is 0.111. The normalized spacial score (nSPS) is 55.1. The number of esters is 2. The number of epoxide rings is 1. The standard InChI is InChI=1S/C65H84N2O11/c1-33-41-13-7-9-34(41)14-16-42(33)46-25-40-24-39-12-8-20-61(39)28-37-27-59(2)55(44-19-22-74-49(44)26-45(48(69)30-68)35-15-17-43-36(23-35)18-21-67-32-66-29-47(43)67)76-58(73)56-65(59,77-56)63(38-10-5-4-6-11-38)51(37)62-31-75-57(72)53(61)64(40,62)78-60(46,3)52(62)50(70)54(63)71/h14,16,18-19,21-22,25,33-39,41-43,45-48,51-56,66,68-69,71H,4-13,15,17,20,23-24,26-32H2,1-3H3. The highest BCUT2D eigenvalue weighted by atomic mass is 16.7. The average molecular weight is 1070 g/mol. The van der Waals surface area contributed by atoms with Crippen LogP contribution in [0.5, 0.6) is 0 Å². The van der Waals surface area contributed by atoms with E-state index in [9.17, 15) is 15.3 Å². The van der Waals surface area contributed by atoms with Crippen molar-refractivity contribution in [3.05, 3.63) is 59.7 Å². The van der Waals surface area contributed by atoms with Crippen LogP contribution in [0.3, 0.4) is 0 Å². The number of hydrogen-bond acceptors (Lipinski definition) is 13. The van der Waals surface area contributed by atoms with Gasteiger partial charge in [-0.15, -0.1) is 0 Å². The van der Waals surface area contributed by atoms with Crippen molar-refractivity contribution in [2.24, 2.45) is 110 Å². The van der Waals surface area contributed by atoms with Crippen LogP contribution in [0.1, 0.15) is 147 Å². The number of cyclic esters (lactones) is 2. The minimum Gasteiger partial charge on any atom is -0.469 e. The van der Waals surface area contributed by atoms with E-state index in [4.69, 9.17) is 23.4 Å². The summed E-state index contributed by atoms with van der Waals surface area (Å²) in [6.45, 7) is 8.45. The van der Waals surface area contributed by atoms with Crippen molar-refractivity contribution < 1.29 is 53.1 Å². The number of furan rings is 1. The number of aliphatic hydroxyl groups is 3. The molecule has 5 bridgehead atoms. The third-order valence-corrected chi connectivity index (χ3v) is 27.9. The topological polar surface area (TPSA) is 181 Å². The molecule has 16 aliphatic rings. The molecule has 0 amide bonds. The Morgan fingerprint density at radius 2 is 1.73 bits per heavy atom. The summed E-state index contributed by atoms with van der Waals surface area (Å²) in [5.74, 6) is 0.309. The number of carbonyl (C=O) groups is 3. The highest BCUT2D eigenvalue weighted by Crippen LogP contribution is 2.90. The molecule has 26 unspecified atom stereocenters. The molecule has 8 saturated carbocycles. The molecule has 78 heavy (non-hydrogen) atoms. The summed E-state index contributed by atoms with van der Waals surface area (Å²) in [6, 6.07) is 2.43. The first-order chi connectivity index (χ1) is 37.7. The van der Waals surface area contributed by atoms with Crippen LogP contribution >= 0.6 is 0 Å². The van der Waals surface area contributed by atoms with E-state index in [0.717, 1.165) is 102 Å². The van der Waals surface area contributed by atoms with Crippen molar-refractivity contribution in [1.82, 2.24) is 10.2 Å². The lowest BCUT2D eigenvalue weighted by atomic mass is 9.30. The second-order valence-electron chi connectivity index (χ2n) is 29.9. The molecular formula is C65H84N2O11. The molecule has 9 aliphatic carbocycles. The average Bonchev–Trinajstić information content (AvgIpc) is 2.69. The Morgan fingerprint density at radius 3 is 2.58 bits per heavy atom. The Labute approximate surface area is 459 Å². The van der Waals surface area contributed by atoms with Gasteiger partial charge in [0.15, 0.2) is 11.9 Å². The molecule has 4 spiro atoms. The van der Waals surface area contributed by atoms with Crippen molar-refractivity contribution >= 4 is 17.7 Å². The third kappa shape index (κ3) is 5.49. The number of aliphatic hydroxyl groups excluding tert-OH is 3. The monoisotopic (exact) mass is 1070 g/mol. The summed E-state index contributed by atoms with van der Waals surface area (Å²) < 4.78 is 36.2. The van der Waals surface area contributed by atoms with E-state index >= 15 is 14.4 Å². The molecule has 26 atom stereocenters. The van der Waals surface area contributed by atoms with Crippen molar-refractivity contribution in [3.8, 4) is 0 Å². The van der Waals surface area contributed by atoms with Gasteiger partial charge < -0.3 is 43.6 Å². The lowest BCUT2D eigenvalue weighted by Crippen LogP contribution is -2.82. The largest absolute Gasteiger partial charge is 0.469 e. The molecule has 7 aliphatic heterocycles. The fourth-order valence-electron chi connectivity index (χ4n) is 25.6. The van der Waals surface area contributed by atoms with Crippen molar-refractivity contribution in [1.29, 1.82) is 0 Å². The van der Waals surface area contributed by atoms with Gasteiger partial charge in [0, 0.05) is 41.3 Å². The number of nitrogens with zero attached hydrogens (tertiary/aromatic N) is 1. The lowest BCUT2D eigenvalue weighted by molar-refractivity contribution is -0.300.